The quantitative estimate of drug-likeness (QED) is 0.839. The van der Waals surface area contributed by atoms with Crippen molar-refractivity contribution in [3.05, 3.63) is 52.6 Å². The van der Waals surface area contributed by atoms with Gasteiger partial charge in [0, 0.05) is 11.8 Å². The van der Waals surface area contributed by atoms with Gasteiger partial charge in [-0.1, -0.05) is 12.1 Å². The van der Waals surface area contributed by atoms with Crippen molar-refractivity contribution in [2.24, 2.45) is 5.92 Å². The lowest BCUT2D eigenvalue weighted by Gasteiger charge is -2.47. The van der Waals surface area contributed by atoms with Crippen molar-refractivity contribution in [2.75, 3.05) is 18.6 Å². The van der Waals surface area contributed by atoms with Gasteiger partial charge < -0.3 is 19.8 Å². The van der Waals surface area contributed by atoms with Crippen LogP contribution < -0.4 is 9.64 Å². The number of amides is 1. The molecule has 2 aromatic rings. The molecule has 1 saturated heterocycles. The Morgan fingerprint density at radius 3 is 2.44 bits per heavy atom. The zero-order chi connectivity index (χ0) is 18.3. The van der Waals surface area contributed by atoms with Gasteiger partial charge in [0.25, 0.3) is 0 Å². The summed E-state index contributed by atoms with van der Waals surface area (Å²) in [6.45, 7) is 5.54. The summed E-state index contributed by atoms with van der Waals surface area (Å²) >= 11 is 0. The van der Waals surface area contributed by atoms with Crippen molar-refractivity contribution in [1.29, 1.82) is 0 Å². The Kier molecular flexibility index (Phi) is 4.43. The smallest absolute Gasteiger partial charge is 0.235 e. The van der Waals surface area contributed by atoms with Crippen LogP contribution in [0.2, 0.25) is 0 Å². The Morgan fingerprint density at radius 2 is 1.84 bits per heavy atom. The number of methoxy groups -OCH3 is 1. The van der Waals surface area contributed by atoms with E-state index in [0.717, 1.165) is 33.7 Å². The predicted molar refractivity (Wildman–Crippen MR) is 96.1 cm³/mol. The van der Waals surface area contributed by atoms with Crippen LogP contribution >= 0.6 is 0 Å². The zero-order valence-corrected chi connectivity index (χ0v) is 14.9. The molecule has 5 nitrogen and oxygen atoms in total. The van der Waals surface area contributed by atoms with Crippen LogP contribution in [0, 0.1) is 26.7 Å². The number of hydrogen-bond acceptors (Lipinski definition) is 4. The highest BCUT2D eigenvalue weighted by molar-refractivity contribution is 6.03. The van der Waals surface area contributed by atoms with Crippen LogP contribution in [0.25, 0.3) is 0 Å². The summed E-state index contributed by atoms with van der Waals surface area (Å²) in [7, 11) is 1.61. The van der Waals surface area contributed by atoms with E-state index in [2.05, 4.69) is 0 Å². The van der Waals surface area contributed by atoms with Crippen molar-refractivity contribution in [3.63, 3.8) is 0 Å². The molecule has 0 aliphatic carbocycles. The van der Waals surface area contributed by atoms with E-state index in [1.807, 2.05) is 45.0 Å². The summed E-state index contributed by atoms with van der Waals surface area (Å²) in [6, 6.07) is 8.86. The molecule has 2 aromatic carbocycles. The number of benzene rings is 2. The second-order valence-corrected chi connectivity index (χ2v) is 6.58. The molecule has 1 amide bonds. The third-order valence-corrected chi connectivity index (χ3v) is 5.09. The second kappa shape index (κ2) is 6.41. The molecule has 3 rings (SSSR count). The van der Waals surface area contributed by atoms with Gasteiger partial charge in [0.15, 0.2) is 0 Å². The van der Waals surface area contributed by atoms with Crippen LogP contribution in [-0.4, -0.2) is 29.8 Å². The highest BCUT2D eigenvalue weighted by atomic mass is 16.5. The molecule has 0 aromatic heterocycles. The monoisotopic (exact) mass is 341 g/mol. The summed E-state index contributed by atoms with van der Waals surface area (Å²) in [4.78, 5) is 14.3. The summed E-state index contributed by atoms with van der Waals surface area (Å²) in [6.07, 6.45) is 0. The summed E-state index contributed by atoms with van der Waals surface area (Å²) < 4.78 is 5.42. The Hall–Kier alpha value is -2.53. The van der Waals surface area contributed by atoms with E-state index in [4.69, 9.17) is 4.74 Å². The highest BCUT2D eigenvalue weighted by Gasteiger charge is 2.48. The minimum Gasteiger partial charge on any atom is -0.508 e. The van der Waals surface area contributed by atoms with Gasteiger partial charge in [-0.3, -0.25) is 4.79 Å². The molecule has 1 aliphatic heterocycles. The molecule has 5 heteroatoms. The van der Waals surface area contributed by atoms with Crippen molar-refractivity contribution in [2.45, 2.75) is 26.8 Å². The fraction of sp³-hybridized carbons (Fsp3) is 0.350. The Morgan fingerprint density at radius 1 is 1.12 bits per heavy atom. The number of β-lactam (4-membered cyclic amide) rings is 1. The second-order valence-electron chi connectivity index (χ2n) is 6.58. The molecule has 25 heavy (non-hydrogen) atoms. The number of aromatic hydroxyl groups is 1. The van der Waals surface area contributed by atoms with Crippen LogP contribution in [-0.2, 0) is 4.79 Å². The lowest BCUT2D eigenvalue weighted by Crippen LogP contribution is -2.56. The lowest BCUT2D eigenvalue weighted by atomic mass is 9.81. The lowest BCUT2D eigenvalue weighted by molar-refractivity contribution is -0.132. The molecule has 2 atom stereocenters. The molecule has 0 saturated carbocycles. The molecule has 0 bridgehead atoms. The third-order valence-electron chi connectivity index (χ3n) is 5.09. The topological polar surface area (TPSA) is 70.0 Å². The SMILES string of the molecule is COc1cc(N2C(=O)[C@H](CO)[C@@H]2c2ccc(C)c(O)c2)cc(C)c1C. The van der Waals surface area contributed by atoms with Gasteiger partial charge in [0.2, 0.25) is 5.91 Å². The Labute approximate surface area is 147 Å². The fourth-order valence-electron chi connectivity index (χ4n) is 3.37. The first kappa shape index (κ1) is 17.3. The Balaban J connectivity index is 2.06. The van der Waals surface area contributed by atoms with E-state index >= 15 is 0 Å². The predicted octanol–water partition coefficient (Wildman–Crippen LogP) is 3.02. The number of anilines is 1. The number of carbonyl (C=O) groups excluding carboxylic acids is 1. The first-order valence-corrected chi connectivity index (χ1v) is 8.27. The fourth-order valence-corrected chi connectivity index (χ4v) is 3.37. The Bertz CT molecular complexity index is 831. The number of aliphatic hydroxyl groups excluding tert-OH is 1. The maximum atomic E-state index is 12.6. The molecule has 0 radical (unpaired) electrons. The van der Waals surface area contributed by atoms with Crippen molar-refractivity contribution >= 4 is 11.6 Å². The van der Waals surface area contributed by atoms with Crippen LogP contribution in [0.4, 0.5) is 5.69 Å². The molecule has 1 aliphatic rings. The van der Waals surface area contributed by atoms with E-state index in [1.54, 1.807) is 18.1 Å². The number of aryl methyl sites for hydroxylation is 2. The largest absolute Gasteiger partial charge is 0.508 e. The van der Waals surface area contributed by atoms with Crippen LogP contribution in [0.5, 0.6) is 11.5 Å². The number of ether oxygens (including phenoxy) is 1. The molecule has 0 unspecified atom stereocenters. The van der Waals surface area contributed by atoms with E-state index in [0.29, 0.717) is 0 Å². The van der Waals surface area contributed by atoms with Gasteiger partial charge in [-0.05, 0) is 55.2 Å². The van der Waals surface area contributed by atoms with E-state index < -0.39 is 5.92 Å². The van der Waals surface area contributed by atoms with Gasteiger partial charge in [0.1, 0.15) is 11.5 Å². The number of nitrogens with zero attached hydrogens (tertiary/aromatic N) is 1. The van der Waals surface area contributed by atoms with Crippen molar-refractivity contribution in [1.82, 2.24) is 0 Å². The van der Waals surface area contributed by atoms with Crippen LogP contribution in [0.3, 0.4) is 0 Å². The molecule has 2 N–H and O–H groups in total. The maximum absolute atomic E-state index is 12.6. The first-order chi connectivity index (χ1) is 11.9. The number of aliphatic hydroxyl groups is 1. The molecule has 132 valence electrons. The molecule has 1 heterocycles. The zero-order valence-electron chi connectivity index (χ0n) is 14.9. The average molecular weight is 341 g/mol. The number of hydrogen-bond donors (Lipinski definition) is 2. The average Bonchev–Trinajstić information content (AvgIpc) is 2.58. The van der Waals surface area contributed by atoms with Gasteiger partial charge >= 0.3 is 0 Å². The third kappa shape index (κ3) is 2.74. The van der Waals surface area contributed by atoms with Crippen molar-refractivity contribution in [3.8, 4) is 11.5 Å². The van der Waals surface area contributed by atoms with Gasteiger partial charge in [-0.15, -0.1) is 0 Å². The summed E-state index contributed by atoms with van der Waals surface area (Å²) in [5.41, 5.74) is 4.37. The standard InChI is InChI=1S/C20H23NO4/c1-11-5-6-14(8-17(11)23)19-16(10-22)20(24)21(19)15-7-12(2)13(3)18(9-15)25-4/h5-9,16,19,22-23H,10H2,1-4H3/t16-,19+/m1/s1. The van der Waals surface area contributed by atoms with E-state index in [-0.39, 0.29) is 24.3 Å². The number of rotatable bonds is 4. The number of carbonyl (C=O) groups is 1. The first-order valence-electron chi connectivity index (χ1n) is 8.27. The van der Waals surface area contributed by atoms with E-state index in [1.165, 1.54) is 0 Å². The summed E-state index contributed by atoms with van der Waals surface area (Å²) in [5.74, 6) is 0.277. The van der Waals surface area contributed by atoms with Crippen LogP contribution in [0.1, 0.15) is 28.3 Å². The van der Waals surface area contributed by atoms with E-state index in [9.17, 15) is 15.0 Å². The van der Waals surface area contributed by atoms with Crippen molar-refractivity contribution < 1.29 is 19.7 Å². The summed E-state index contributed by atoms with van der Waals surface area (Å²) in [5, 5.41) is 19.7. The molecule has 0 spiro atoms. The molecular weight excluding hydrogens is 318 g/mol. The van der Waals surface area contributed by atoms with Gasteiger partial charge in [0.05, 0.1) is 25.7 Å². The van der Waals surface area contributed by atoms with Gasteiger partial charge in [-0.25, -0.2) is 0 Å². The number of phenolic OH excluding ortho intramolecular Hbond substituents is 1. The molecule has 1 fully saturated rings. The highest BCUT2D eigenvalue weighted by Crippen LogP contribution is 2.45. The number of phenols is 1. The minimum absolute atomic E-state index is 0.127. The normalized spacial score (nSPS) is 19.7. The minimum atomic E-state index is -0.505. The van der Waals surface area contributed by atoms with Gasteiger partial charge in [-0.2, -0.15) is 0 Å². The molecular formula is C20H23NO4. The maximum Gasteiger partial charge on any atom is 0.235 e. The van der Waals surface area contributed by atoms with Crippen LogP contribution in [0.15, 0.2) is 30.3 Å².